The fourth-order valence-corrected chi connectivity index (χ4v) is 1.65. The smallest absolute Gasteiger partial charge is 0.326 e. The van der Waals surface area contributed by atoms with Gasteiger partial charge in [-0.15, -0.1) is 0 Å². The van der Waals surface area contributed by atoms with Crippen LogP contribution in [-0.4, -0.2) is 50.3 Å². The van der Waals surface area contributed by atoms with Crippen LogP contribution < -0.4 is 10.6 Å². The lowest BCUT2D eigenvalue weighted by molar-refractivity contribution is -0.139. The maximum atomic E-state index is 11.5. The molecule has 0 saturated heterocycles. The minimum Gasteiger partial charge on any atom is -0.480 e. The Labute approximate surface area is 108 Å². The number of nitrogens with zero attached hydrogens (tertiary/aromatic N) is 2. The van der Waals surface area contributed by atoms with E-state index in [0.29, 0.717) is 18.0 Å². The van der Waals surface area contributed by atoms with Gasteiger partial charge in [-0.2, -0.15) is 16.9 Å². The summed E-state index contributed by atoms with van der Waals surface area (Å²) in [6, 6.07) is -1.42. The van der Waals surface area contributed by atoms with Crippen molar-refractivity contribution in [1.29, 1.82) is 0 Å². The maximum Gasteiger partial charge on any atom is 0.326 e. The van der Waals surface area contributed by atoms with E-state index in [9.17, 15) is 9.59 Å². The number of carbonyl (C=O) groups is 2. The van der Waals surface area contributed by atoms with Crippen LogP contribution in [0.3, 0.4) is 0 Å². The molecule has 8 nitrogen and oxygen atoms in total. The number of H-pyrrole nitrogens is 1. The van der Waals surface area contributed by atoms with Gasteiger partial charge in [-0.25, -0.2) is 14.6 Å². The van der Waals surface area contributed by atoms with E-state index in [-0.39, 0.29) is 6.54 Å². The number of aliphatic carboxylic acids is 1. The number of carbonyl (C=O) groups excluding carboxylic acids is 1. The number of urea groups is 1. The number of hydrogen-bond donors (Lipinski definition) is 4. The monoisotopic (exact) mass is 273 g/mol. The molecule has 1 rings (SSSR count). The number of aromatic nitrogens is 3. The van der Waals surface area contributed by atoms with Crippen molar-refractivity contribution in [2.45, 2.75) is 19.0 Å². The van der Waals surface area contributed by atoms with Crippen LogP contribution in [0.4, 0.5) is 4.79 Å². The van der Waals surface area contributed by atoms with Crippen LogP contribution in [0.15, 0.2) is 6.33 Å². The summed E-state index contributed by atoms with van der Waals surface area (Å²) in [4.78, 5) is 26.2. The lowest BCUT2D eigenvalue weighted by Gasteiger charge is -2.14. The molecule has 9 heteroatoms. The molecule has 0 saturated carbocycles. The van der Waals surface area contributed by atoms with Crippen LogP contribution in [0.2, 0.25) is 0 Å². The summed E-state index contributed by atoms with van der Waals surface area (Å²) >= 11 is 1.53. The predicted molar refractivity (Wildman–Crippen MR) is 66.2 cm³/mol. The third kappa shape index (κ3) is 5.04. The largest absolute Gasteiger partial charge is 0.480 e. The zero-order chi connectivity index (χ0) is 13.4. The van der Waals surface area contributed by atoms with Gasteiger partial charge in [0.25, 0.3) is 0 Å². The molecular weight excluding hydrogens is 258 g/mol. The SMILES string of the molecule is CSCC[C@@H](NC(=O)NCc1ncn[nH]1)C(=O)O. The minimum absolute atomic E-state index is 0.167. The van der Waals surface area contributed by atoms with Gasteiger partial charge in [-0.05, 0) is 18.4 Å². The maximum absolute atomic E-state index is 11.5. The number of thioether (sulfide) groups is 1. The molecule has 4 N–H and O–H groups in total. The first-order valence-corrected chi connectivity index (χ1v) is 6.63. The van der Waals surface area contributed by atoms with E-state index in [1.165, 1.54) is 18.1 Å². The van der Waals surface area contributed by atoms with E-state index in [4.69, 9.17) is 5.11 Å². The summed E-state index contributed by atoms with van der Waals surface area (Å²) in [5.41, 5.74) is 0. The number of rotatable bonds is 7. The summed E-state index contributed by atoms with van der Waals surface area (Å²) < 4.78 is 0. The number of aromatic amines is 1. The van der Waals surface area contributed by atoms with E-state index in [1.807, 2.05) is 6.26 Å². The second-order valence-electron chi connectivity index (χ2n) is 3.43. The molecule has 1 atom stereocenters. The summed E-state index contributed by atoms with van der Waals surface area (Å²) in [6.45, 7) is 0.167. The number of carboxylic acid groups (broad SMARTS) is 1. The van der Waals surface area contributed by atoms with Gasteiger partial charge in [0.15, 0.2) is 0 Å². The summed E-state index contributed by atoms with van der Waals surface area (Å²) in [5, 5.41) is 20.0. The summed E-state index contributed by atoms with van der Waals surface area (Å²) in [7, 11) is 0. The summed E-state index contributed by atoms with van der Waals surface area (Å²) in [6.07, 6.45) is 3.59. The van der Waals surface area contributed by atoms with Crippen molar-refractivity contribution in [3.63, 3.8) is 0 Å². The molecule has 100 valence electrons. The molecule has 2 amide bonds. The average molecular weight is 273 g/mol. The van der Waals surface area contributed by atoms with Crippen molar-refractivity contribution in [2.75, 3.05) is 12.0 Å². The minimum atomic E-state index is -1.04. The number of hydrogen-bond acceptors (Lipinski definition) is 5. The van der Waals surface area contributed by atoms with Crippen LogP contribution in [0, 0.1) is 0 Å². The van der Waals surface area contributed by atoms with Crippen LogP contribution >= 0.6 is 11.8 Å². The van der Waals surface area contributed by atoms with E-state index < -0.39 is 18.0 Å². The quantitative estimate of drug-likeness (QED) is 0.546. The Morgan fingerprint density at radius 2 is 2.39 bits per heavy atom. The standard InChI is InChI=1S/C9H15N5O3S/c1-18-3-2-6(8(15)16)13-9(17)10-4-7-11-5-12-14-7/h5-6H,2-4H2,1H3,(H,15,16)(H2,10,13,17)(H,11,12,14)/t6-/m1/s1. The zero-order valence-corrected chi connectivity index (χ0v) is 10.7. The van der Waals surface area contributed by atoms with Gasteiger partial charge in [0.2, 0.25) is 0 Å². The fourth-order valence-electron chi connectivity index (χ4n) is 1.18. The van der Waals surface area contributed by atoms with Gasteiger partial charge in [-0.3, -0.25) is 5.10 Å². The highest BCUT2D eigenvalue weighted by Gasteiger charge is 2.19. The Morgan fingerprint density at radius 3 is 2.94 bits per heavy atom. The Bertz CT molecular complexity index is 384. The first-order chi connectivity index (χ1) is 8.63. The topological polar surface area (TPSA) is 120 Å². The van der Waals surface area contributed by atoms with Gasteiger partial charge < -0.3 is 15.7 Å². The highest BCUT2D eigenvalue weighted by atomic mass is 32.2. The van der Waals surface area contributed by atoms with Crippen LogP contribution in [0.5, 0.6) is 0 Å². The Hall–Kier alpha value is -1.77. The molecule has 0 aliphatic rings. The highest BCUT2D eigenvalue weighted by Crippen LogP contribution is 2.00. The van der Waals surface area contributed by atoms with E-state index in [1.54, 1.807) is 0 Å². The van der Waals surface area contributed by atoms with Gasteiger partial charge >= 0.3 is 12.0 Å². The zero-order valence-electron chi connectivity index (χ0n) is 9.84. The lowest BCUT2D eigenvalue weighted by Crippen LogP contribution is -2.46. The predicted octanol–water partition coefficient (Wildman–Crippen LogP) is -0.190. The molecule has 0 spiro atoms. The molecule has 0 aromatic carbocycles. The van der Waals surface area contributed by atoms with Crippen molar-refractivity contribution in [2.24, 2.45) is 0 Å². The van der Waals surface area contributed by atoms with Gasteiger partial charge in [0.1, 0.15) is 18.2 Å². The van der Waals surface area contributed by atoms with E-state index in [2.05, 4.69) is 25.8 Å². The van der Waals surface area contributed by atoms with Crippen molar-refractivity contribution in [3.8, 4) is 0 Å². The van der Waals surface area contributed by atoms with Crippen LogP contribution in [0.1, 0.15) is 12.2 Å². The van der Waals surface area contributed by atoms with Gasteiger partial charge in [0.05, 0.1) is 6.54 Å². The molecule has 18 heavy (non-hydrogen) atoms. The molecule has 1 aromatic rings. The molecule has 0 fully saturated rings. The first kappa shape index (κ1) is 14.3. The highest BCUT2D eigenvalue weighted by molar-refractivity contribution is 7.98. The molecule has 0 aliphatic heterocycles. The van der Waals surface area contributed by atoms with Gasteiger partial charge in [0, 0.05) is 0 Å². The second-order valence-corrected chi connectivity index (χ2v) is 4.42. The number of nitrogens with one attached hydrogen (secondary N) is 3. The van der Waals surface area contributed by atoms with Crippen molar-refractivity contribution in [1.82, 2.24) is 25.8 Å². The third-order valence-electron chi connectivity index (χ3n) is 2.10. The molecule has 0 radical (unpaired) electrons. The molecule has 0 bridgehead atoms. The molecule has 1 heterocycles. The average Bonchev–Trinajstić information content (AvgIpc) is 2.84. The first-order valence-electron chi connectivity index (χ1n) is 5.24. The lowest BCUT2D eigenvalue weighted by atomic mass is 10.2. The number of carboxylic acids is 1. The number of amides is 2. The molecule has 1 aromatic heterocycles. The molecular formula is C9H15N5O3S. The Kier molecular flexibility index (Phi) is 5.98. The Morgan fingerprint density at radius 1 is 1.61 bits per heavy atom. The Balaban J connectivity index is 2.34. The van der Waals surface area contributed by atoms with E-state index in [0.717, 1.165) is 0 Å². The normalized spacial score (nSPS) is 11.8. The second kappa shape index (κ2) is 7.54. The van der Waals surface area contributed by atoms with Crippen LogP contribution in [0.25, 0.3) is 0 Å². The van der Waals surface area contributed by atoms with Crippen LogP contribution in [-0.2, 0) is 11.3 Å². The van der Waals surface area contributed by atoms with Crippen molar-refractivity contribution < 1.29 is 14.7 Å². The third-order valence-corrected chi connectivity index (χ3v) is 2.74. The van der Waals surface area contributed by atoms with Crippen molar-refractivity contribution >= 4 is 23.8 Å². The van der Waals surface area contributed by atoms with Gasteiger partial charge in [-0.1, -0.05) is 0 Å². The van der Waals surface area contributed by atoms with Crippen molar-refractivity contribution in [3.05, 3.63) is 12.2 Å². The van der Waals surface area contributed by atoms with E-state index >= 15 is 0 Å². The summed E-state index contributed by atoms with van der Waals surface area (Å²) in [5.74, 6) is 0.124. The molecule has 0 unspecified atom stereocenters. The molecule has 0 aliphatic carbocycles. The fraction of sp³-hybridized carbons (Fsp3) is 0.556.